The number of nitrogens with one attached hydrogen (secondary N) is 2. The molecule has 0 radical (unpaired) electrons. The van der Waals surface area contributed by atoms with Crippen molar-refractivity contribution in [3.8, 4) is 0 Å². The molecular weight excluding hydrogens is 220 g/mol. The minimum Gasteiger partial charge on any atom is -0.452 e. The predicted molar refractivity (Wildman–Crippen MR) is 59.3 cm³/mol. The van der Waals surface area contributed by atoms with E-state index in [4.69, 9.17) is 12.2 Å². The Kier molecular flexibility index (Phi) is 4.34. The molecule has 2 N–H and O–H groups in total. The van der Waals surface area contributed by atoms with Crippen LogP contribution in [0.25, 0.3) is 0 Å². The van der Waals surface area contributed by atoms with Gasteiger partial charge in [0.25, 0.3) is 0 Å². The topological polar surface area (TPSA) is 50.4 Å². The molecule has 14 heavy (non-hydrogen) atoms. The SMILES string of the molecule is COC(=O)NNC(=S)Cc1cccs1. The van der Waals surface area contributed by atoms with Gasteiger partial charge in [0.2, 0.25) is 0 Å². The second-order valence-corrected chi connectivity index (χ2v) is 3.95. The van der Waals surface area contributed by atoms with Gasteiger partial charge in [-0.15, -0.1) is 11.3 Å². The van der Waals surface area contributed by atoms with Crippen molar-refractivity contribution in [2.75, 3.05) is 7.11 Å². The Labute approximate surface area is 91.2 Å². The molecule has 0 spiro atoms. The fraction of sp³-hybridized carbons (Fsp3) is 0.250. The molecule has 1 rings (SSSR count). The number of amides is 1. The van der Waals surface area contributed by atoms with Crippen LogP contribution >= 0.6 is 23.6 Å². The first kappa shape index (κ1) is 10.9. The number of hydrogen-bond acceptors (Lipinski definition) is 4. The first-order valence-electron chi connectivity index (χ1n) is 3.87. The molecule has 1 aromatic heterocycles. The number of carbonyl (C=O) groups is 1. The van der Waals surface area contributed by atoms with Gasteiger partial charge in [0.05, 0.1) is 12.1 Å². The van der Waals surface area contributed by atoms with Gasteiger partial charge < -0.3 is 4.74 Å². The Morgan fingerprint density at radius 1 is 1.64 bits per heavy atom. The number of carbonyl (C=O) groups excluding carboxylic acids is 1. The molecule has 76 valence electrons. The fourth-order valence-electron chi connectivity index (χ4n) is 0.787. The van der Waals surface area contributed by atoms with Gasteiger partial charge in [-0.25, -0.2) is 10.2 Å². The Balaban J connectivity index is 2.26. The third-order valence-electron chi connectivity index (χ3n) is 1.40. The summed E-state index contributed by atoms with van der Waals surface area (Å²) in [5.74, 6) is 0. The van der Waals surface area contributed by atoms with Crippen LogP contribution in [0.4, 0.5) is 4.79 Å². The molecule has 0 atom stereocenters. The molecule has 0 saturated carbocycles. The molecule has 0 aliphatic heterocycles. The lowest BCUT2D eigenvalue weighted by atomic mass is 10.3. The molecule has 0 fully saturated rings. The van der Waals surface area contributed by atoms with E-state index in [2.05, 4.69) is 15.6 Å². The second kappa shape index (κ2) is 5.56. The molecule has 0 unspecified atom stereocenters. The maximum atomic E-state index is 10.7. The largest absolute Gasteiger partial charge is 0.452 e. The highest BCUT2D eigenvalue weighted by Gasteiger charge is 2.01. The number of methoxy groups -OCH3 is 1. The molecule has 0 bridgehead atoms. The smallest absolute Gasteiger partial charge is 0.425 e. The zero-order chi connectivity index (χ0) is 10.4. The monoisotopic (exact) mass is 230 g/mol. The predicted octanol–water partition coefficient (Wildman–Crippen LogP) is 1.48. The van der Waals surface area contributed by atoms with Crippen molar-refractivity contribution in [3.63, 3.8) is 0 Å². The third-order valence-corrected chi connectivity index (χ3v) is 2.53. The van der Waals surface area contributed by atoms with Crippen LogP contribution in [-0.4, -0.2) is 18.2 Å². The number of thiophene rings is 1. The average Bonchev–Trinajstić information content (AvgIpc) is 2.66. The summed E-state index contributed by atoms with van der Waals surface area (Å²) in [7, 11) is 1.29. The van der Waals surface area contributed by atoms with Crippen LogP contribution in [0.5, 0.6) is 0 Å². The highest BCUT2D eigenvalue weighted by molar-refractivity contribution is 7.80. The lowest BCUT2D eigenvalue weighted by Crippen LogP contribution is -2.41. The van der Waals surface area contributed by atoms with Crippen LogP contribution < -0.4 is 10.9 Å². The first-order valence-corrected chi connectivity index (χ1v) is 5.16. The van der Waals surface area contributed by atoms with Crippen molar-refractivity contribution in [3.05, 3.63) is 22.4 Å². The maximum Gasteiger partial charge on any atom is 0.425 e. The number of hydrogen-bond donors (Lipinski definition) is 2. The number of ether oxygens (including phenoxy) is 1. The number of rotatable bonds is 2. The van der Waals surface area contributed by atoms with E-state index < -0.39 is 6.09 Å². The van der Waals surface area contributed by atoms with E-state index in [-0.39, 0.29) is 0 Å². The molecule has 0 aliphatic rings. The van der Waals surface area contributed by atoms with Crippen molar-refractivity contribution < 1.29 is 9.53 Å². The highest BCUT2D eigenvalue weighted by Crippen LogP contribution is 2.08. The molecule has 1 heterocycles. The van der Waals surface area contributed by atoms with Gasteiger partial charge in [0, 0.05) is 11.3 Å². The molecule has 4 nitrogen and oxygen atoms in total. The van der Waals surface area contributed by atoms with E-state index in [9.17, 15) is 4.79 Å². The van der Waals surface area contributed by atoms with Gasteiger partial charge in [0.1, 0.15) is 0 Å². The van der Waals surface area contributed by atoms with Crippen LogP contribution in [0, 0.1) is 0 Å². The minimum atomic E-state index is -0.557. The van der Waals surface area contributed by atoms with Crippen LogP contribution in [0.3, 0.4) is 0 Å². The third kappa shape index (κ3) is 3.71. The van der Waals surface area contributed by atoms with Crippen molar-refractivity contribution in [2.45, 2.75) is 6.42 Å². The Hall–Kier alpha value is -1.14. The van der Waals surface area contributed by atoms with Crippen LogP contribution in [-0.2, 0) is 11.2 Å². The summed E-state index contributed by atoms with van der Waals surface area (Å²) in [6, 6.07) is 3.94. The molecule has 1 amide bonds. The average molecular weight is 230 g/mol. The van der Waals surface area contributed by atoms with Crippen molar-refractivity contribution in [1.82, 2.24) is 10.9 Å². The van der Waals surface area contributed by atoms with Gasteiger partial charge in [0.15, 0.2) is 0 Å². The lowest BCUT2D eigenvalue weighted by Gasteiger charge is -2.06. The quantitative estimate of drug-likeness (QED) is 0.597. The van der Waals surface area contributed by atoms with Gasteiger partial charge in [-0.05, 0) is 11.4 Å². The first-order chi connectivity index (χ1) is 6.72. The lowest BCUT2D eigenvalue weighted by molar-refractivity contribution is 0.169. The molecular formula is C8H10N2O2S2. The Morgan fingerprint density at radius 3 is 3.00 bits per heavy atom. The van der Waals surface area contributed by atoms with Gasteiger partial charge in [-0.1, -0.05) is 18.3 Å². The van der Waals surface area contributed by atoms with E-state index in [0.29, 0.717) is 11.4 Å². The normalized spacial score (nSPS) is 9.21. The summed E-state index contributed by atoms with van der Waals surface area (Å²) >= 11 is 6.61. The van der Waals surface area contributed by atoms with Gasteiger partial charge >= 0.3 is 6.09 Å². The summed E-state index contributed by atoms with van der Waals surface area (Å²) in [6.45, 7) is 0. The van der Waals surface area contributed by atoms with E-state index >= 15 is 0 Å². The fourth-order valence-corrected chi connectivity index (χ4v) is 1.80. The summed E-state index contributed by atoms with van der Waals surface area (Å²) in [4.78, 5) is 12.4. The van der Waals surface area contributed by atoms with Gasteiger partial charge in [-0.2, -0.15) is 0 Å². The molecule has 6 heteroatoms. The van der Waals surface area contributed by atoms with E-state index in [1.807, 2.05) is 17.5 Å². The minimum absolute atomic E-state index is 0.554. The van der Waals surface area contributed by atoms with Crippen LogP contribution in [0.15, 0.2) is 17.5 Å². The summed E-state index contributed by atoms with van der Waals surface area (Å²) in [6.07, 6.45) is 0.0651. The highest BCUT2D eigenvalue weighted by atomic mass is 32.1. The number of hydrazine groups is 1. The van der Waals surface area contributed by atoms with E-state index in [1.165, 1.54) is 7.11 Å². The zero-order valence-corrected chi connectivity index (χ0v) is 9.21. The Morgan fingerprint density at radius 2 is 2.43 bits per heavy atom. The van der Waals surface area contributed by atoms with Crippen molar-refractivity contribution in [1.29, 1.82) is 0 Å². The van der Waals surface area contributed by atoms with Crippen LogP contribution in [0.2, 0.25) is 0 Å². The standard InChI is InChI=1S/C8H10N2O2S2/c1-12-8(11)10-9-7(13)5-6-3-2-4-14-6/h2-4H,5H2,1H3,(H,9,13)(H,10,11). The van der Waals surface area contributed by atoms with Crippen molar-refractivity contribution in [2.24, 2.45) is 0 Å². The van der Waals surface area contributed by atoms with Gasteiger partial charge in [-0.3, -0.25) is 5.43 Å². The zero-order valence-electron chi connectivity index (χ0n) is 7.57. The number of thiocarbonyl (C=S) groups is 1. The molecule has 0 aliphatic carbocycles. The molecule has 0 aromatic carbocycles. The summed E-state index contributed by atoms with van der Waals surface area (Å²) < 4.78 is 4.37. The summed E-state index contributed by atoms with van der Waals surface area (Å²) in [5, 5.41) is 1.98. The summed E-state index contributed by atoms with van der Waals surface area (Å²) in [5.41, 5.74) is 4.88. The second-order valence-electron chi connectivity index (χ2n) is 2.42. The molecule has 0 saturated heterocycles. The molecule has 1 aromatic rings. The Bertz CT molecular complexity index is 311. The van der Waals surface area contributed by atoms with Crippen molar-refractivity contribution >= 4 is 34.6 Å². The van der Waals surface area contributed by atoms with E-state index in [0.717, 1.165) is 4.88 Å². The maximum absolute atomic E-state index is 10.7. The van der Waals surface area contributed by atoms with Crippen LogP contribution in [0.1, 0.15) is 4.88 Å². The van der Waals surface area contributed by atoms with E-state index in [1.54, 1.807) is 11.3 Å².